The average Bonchev–Trinajstić information content (AvgIpc) is 3.40. The largest absolute Gasteiger partial charge is 0.494 e. The number of hydrogen-bond donors (Lipinski definition) is 1. The highest BCUT2D eigenvalue weighted by Gasteiger charge is 2.24. The Labute approximate surface area is 186 Å². The first-order valence-corrected chi connectivity index (χ1v) is 11.6. The number of ether oxygens (including phenoxy) is 1. The summed E-state index contributed by atoms with van der Waals surface area (Å²) < 4.78 is 6.65. The number of benzene rings is 2. The summed E-state index contributed by atoms with van der Waals surface area (Å²) in [5.74, 6) is 0.788. The molecule has 0 fully saturated rings. The number of aromatic nitrogens is 2. The van der Waals surface area contributed by atoms with Gasteiger partial charge in [0, 0.05) is 30.2 Å². The Balaban J connectivity index is 1.71. The molecule has 0 atom stereocenters. The lowest BCUT2D eigenvalue weighted by atomic mass is 10.1. The molecule has 0 spiro atoms. The zero-order chi connectivity index (χ0) is 21.8. The van der Waals surface area contributed by atoms with E-state index in [1.54, 1.807) is 6.20 Å². The van der Waals surface area contributed by atoms with Crippen molar-refractivity contribution in [2.75, 3.05) is 37.7 Å². The first-order valence-electron chi connectivity index (χ1n) is 10.8. The lowest BCUT2D eigenvalue weighted by molar-refractivity contribution is 0.0985. The molecule has 0 saturated carbocycles. The fourth-order valence-corrected chi connectivity index (χ4v) is 4.74. The second-order valence-corrected chi connectivity index (χ2v) is 8.30. The number of H-pyrrole nitrogens is 1. The van der Waals surface area contributed by atoms with Gasteiger partial charge < -0.3 is 14.6 Å². The van der Waals surface area contributed by atoms with E-state index in [2.05, 4.69) is 23.7 Å². The summed E-state index contributed by atoms with van der Waals surface area (Å²) in [6.07, 6.45) is 1.80. The molecule has 0 aliphatic rings. The Morgan fingerprint density at radius 3 is 2.68 bits per heavy atom. The Morgan fingerprint density at radius 2 is 1.90 bits per heavy atom. The van der Waals surface area contributed by atoms with Crippen LogP contribution in [0.2, 0.25) is 0 Å². The van der Waals surface area contributed by atoms with Crippen LogP contribution in [0.3, 0.4) is 0 Å². The second kappa shape index (κ2) is 9.49. The molecule has 6 nitrogen and oxygen atoms in total. The number of aromatic amines is 1. The third-order valence-electron chi connectivity index (χ3n) is 5.49. The molecule has 0 saturated heterocycles. The molecule has 4 aromatic rings. The van der Waals surface area contributed by atoms with Crippen molar-refractivity contribution in [3.8, 4) is 5.75 Å². The van der Waals surface area contributed by atoms with Crippen LogP contribution in [-0.2, 0) is 0 Å². The van der Waals surface area contributed by atoms with Crippen LogP contribution in [0.1, 0.15) is 31.1 Å². The smallest absolute Gasteiger partial charge is 0.262 e. The summed E-state index contributed by atoms with van der Waals surface area (Å²) in [7, 11) is 0. The number of nitrogens with one attached hydrogen (secondary N) is 1. The first kappa shape index (κ1) is 21.3. The topological polar surface area (TPSA) is 61.5 Å². The van der Waals surface area contributed by atoms with Gasteiger partial charge in [0.25, 0.3) is 5.91 Å². The summed E-state index contributed by atoms with van der Waals surface area (Å²) >= 11 is 1.53. The number of rotatable bonds is 9. The van der Waals surface area contributed by atoms with Crippen LogP contribution in [0.5, 0.6) is 5.75 Å². The van der Waals surface area contributed by atoms with Crippen molar-refractivity contribution in [2.45, 2.75) is 20.8 Å². The number of carbonyl (C=O) groups is 1. The Kier molecular flexibility index (Phi) is 6.53. The van der Waals surface area contributed by atoms with Gasteiger partial charge >= 0.3 is 0 Å². The van der Waals surface area contributed by atoms with Crippen molar-refractivity contribution in [3.05, 3.63) is 54.2 Å². The van der Waals surface area contributed by atoms with E-state index in [-0.39, 0.29) is 5.91 Å². The molecule has 0 aliphatic carbocycles. The molecule has 2 aromatic heterocycles. The lowest BCUT2D eigenvalue weighted by Gasteiger charge is -2.24. The number of thiazole rings is 1. The SMILES string of the molecule is CCOc1ccc2nc(N(CCN(CC)CC)C(=O)c3c[nH]c4ccccc34)sc2c1. The molecular formula is C24H28N4O2S. The highest BCUT2D eigenvalue weighted by atomic mass is 32.1. The molecule has 0 bridgehead atoms. The van der Waals surface area contributed by atoms with Crippen LogP contribution < -0.4 is 9.64 Å². The molecule has 0 aliphatic heterocycles. The normalized spacial score (nSPS) is 11.5. The zero-order valence-corrected chi connectivity index (χ0v) is 19.0. The number of likely N-dealkylation sites (N-methyl/N-ethyl adjacent to an activating group) is 1. The molecule has 2 heterocycles. The Bertz CT molecular complexity index is 1180. The van der Waals surface area contributed by atoms with Gasteiger partial charge in [0.05, 0.1) is 22.4 Å². The molecule has 162 valence electrons. The van der Waals surface area contributed by atoms with E-state index in [1.165, 1.54) is 11.3 Å². The fraction of sp³-hybridized carbons (Fsp3) is 0.333. The third-order valence-corrected chi connectivity index (χ3v) is 6.53. The van der Waals surface area contributed by atoms with Gasteiger partial charge in [0.15, 0.2) is 5.13 Å². The number of para-hydroxylation sites is 1. The number of nitrogens with zero attached hydrogens (tertiary/aromatic N) is 3. The number of amides is 1. The summed E-state index contributed by atoms with van der Waals surface area (Å²) in [5, 5.41) is 1.64. The van der Waals surface area contributed by atoms with Gasteiger partial charge in [-0.3, -0.25) is 9.69 Å². The van der Waals surface area contributed by atoms with Gasteiger partial charge in [-0.15, -0.1) is 0 Å². The molecule has 1 N–H and O–H groups in total. The van der Waals surface area contributed by atoms with Crippen molar-refractivity contribution >= 4 is 43.5 Å². The van der Waals surface area contributed by atoms with E-state index in [1.807, 2.05) is 54.3 Å². The maximum Gasteiger partial charge on any atom is 0.262 e. The molecule has 0 radical (unpaired) electrons. The minimum Gasteiger partial charge on any atom is -0.494 e. The highest BCUT2D eigenvalue weighted by Crippen LogP contribution is 2.33. The number of carbonyl (C=O) groups excluding carboxylic acids is 1. The van der Waals surface area contributed by atoms with E-state index in [4.69, 9.17) is 9.72 Å². The number of fused-ring (bicyclic) bond motifs is 2. The number of anilines is 1. The van der Waals surface area contributed by atoms with E-state index >= 15 is 0 Å². The molecule has 31 heavy (non-hydrogen) atoms. The lowest BCUT2D eigenvalue weighted by Crippen LogP contribution is -2.38. The van der Waals surface area contributed by atoms with Crippen LogP contribution >= 0.6 is 11.3 Å². The third kappa shape index (κ3) is 4.43. The minimum absolute atomic E-state index is 0.0336. The van der Waals surface area contributed by atoms with E-state index in [0.717, 1.165) is 46.5 Å². The molecule has 1 amide bonds. The highest BCUT2D eigenvalue weighted by molar-refractivity contribution is 7.22. The van der Waals surface area contributed by atoms with Gasteiger partial charge in [-0.1, -0.05) is 43.4 Å². The van der Waals surface area contributed by atoms with Crippen molar-refractivity contribution in [2.24, 2.45) is 0 Å². The van der Waals surface area contributed by atoms with Crippen LogP contribution in [-0.4, -0.2) is 53.6 Å². The standard InChI is InChI=1S/C24H28N4O2S/c1-4-27(5-2)13-14-28(23(29)19-16-25-20-10-8-7-9-18(19)20)24-26-21-12-11-17(30-6-3)15-22(21)31-24/h7-12,15-16,25H,4-6,13-14H2,1-3H3. The van der Waals surface area contributed by atoms with Crippen molar-refractivity contribution in [3.63, 3.8) is 0 Å². The maximum atomic E-state index is 13.7. The van der Waals surface area contributed by atoms with E-state index in [0.29, 0.717) is 23.8 Å². The van der Waals surface area contributed by atoms with Gasteiger partial charge in [0.1, 0.15) is 5.75 Å². The van der Waals surface area contributed by atoms with Gasteiger partial charge in [-0.05, 0) is 44.3 Å². The number of hydrogen-bond acceptors (Lipinski definition) is 5. The van der Waals surface area contributed by atoms with Crippen LogP contribution in [0.4, 0.5) is 5.13 Å². The predicted molar refractivity (Wildman–Crippen MR) is 129 cm³/mol. The average molecular weight is 437 g/mol. The minimum atomic E-state index is -0.0336. The summed E-state index contributed by atoms with van der Waals surface area (Å²) in [6.45, 7) is 10.1. The summed E-state index contributed by atoms with van der Waals surface area (Å²) in [6, 6.07) is 13.8. The van der Waals surface area contributed by atoms with Gasteiger partial charge in [-0.2, -0.15) is 0 Å². The van der Waals surface area contributed by atoms with Crippen LogP contribution in [0.15, 0.2) is 48.7 Å². The van der Waals surface area contributed by atoms with Crippen molar-refractivity contribution in [1.29, 1.82) is 0 Å². The van der Waals surface area contributed by atoms with Gasteiger partial charge in [-0.25, -0.2) is 4.98 Å². The predicted octanol–water partition coefficient (Wildman–Crippen LogP) is 5.16. The molecule has 0 unspecified atom stereocenters. The first-order chi connectivity index (χ1) is 15.1. The monoisotopic (exact) mass is 436 g/mol. The quantitative estimate of drug-likeness (QED) is 0.393. The van der Waals surface area contributed by atoms with E-state index in [9.17, 15) is 4.79 Å². The van der Waals surface area contributed by atoms with Crippen molar-refractivity contribution < 1.29 is 9.53 Å². The fourth-order valence-electron chi connectivity index (χ4n) is 3.72. The Morgan fingerprint density at radius 1 is 1.10 bits per heavy atom. The van der Waals surface area contributed by atoms with Crippen LogP contribution in [0.25, 0.3) is 21.1 Å². The van der Waals surface area contributed by atoms with Gasteiger partial charge in [0.2, 0.25) is 0 Å². The molecule has 7 heteroatoms. The van der Waals surface area contributed by atoms with Crippen LogP contribution in [0, 0.1) is 0 Å². The molecular weight excluding hydrogens is 408 g/mol. The molecule has 2 aromatic carbocycles. The summed E-state index contributed by atoms with van der Waals surface area (Å²) in [5.41, 5.74) is 2.51. The summed E-state index contributed by atoms with van der Waals surface area (Å²) in [4.78, 5) is 25.8. The second-order valence-electron chi connectivity index (χ2n) is 7.29. The molecule has 4 rings (SSSR count). The maximum absolute atomic E-state index is 13.7. The Hall–Kier alpha value is -2.90. The van der Waals surface area contributed by atoms with E-state index < -0.39 is 0 Å². The zero-order valence-electron chi connectivity index (χ0n) is 18.2. The van der Waals surface area contributed by atoms with Crippen molar-refractivity contribution in [1.82, 2.24) is 14.9 Å².